The lowest BCUT2D eigenvalue weighted by Gasteiger charge is -2.20. The SMILES string of the molecule is CCCCOCCOC(C)C(N)c1ccccc1. The second kappa shape index (κ2) is 9.09. The highest BCUT2D eigenvalue weighted by Crippen LogP contribution is 2.15. The van der Waals surface area contributed by atoms with Crippen molar-refractivity contribution in [2.45, 2.75) is 38.8 Å². The van der Waals surface area contributed by atoms with Gasteiger partial charge in [0.1, 0.15) is 0 Å². The van der Waals surface area contributed by atoms with Crippen LogP contribution in [-0.2, 0) is 9.47 Å². The van der Waals surface area contributed by atoms with Crippen LogP contribution in [0.3, 0.4) is 0 Å². The van der Waals surface area contributed by atoms with Crippen molar-refractivity contribution in [2.75, 3.05) is 19.8 Å². The van der Waals surface area contributed by atoms with Crippen LogP contribution >= 0.6 is 0 Å². The molecule has 0 saturated carbocycles. The van der Waals surface area contributed by atoms with Gasteiger partial charge in [0.05, 0.1) is 25.4 Å². The Kier molecular flexibility index (Phi) is 7.65. The second-order valence-corrected chi connectivity index (χ2v) is 4.48. The first kappa shape index (κ1) is 15.2. The summed E-state index contributed by atoms with van der Waals surface area (Å²) in [7, 11) is 0. The van der Waals surface area contributed by atoms with Gasteiger partial charge >= 0.3 is 0 Å². The van der Waals surface area contributed by atoms with E-state index in [-0.39, 0.29) is 12.1 Å². The monoisotopic (exact) mass is 251 g/mol. The van der Waals surface area contributed by atoms with Crippen LogP contribution in [-0.4, -0.2) is 25.9 Å². The minimum absolute atomic E-state index is 0.00201. The van der Waals surface area contributed by atoms with Crippen LogP contribution in [0.5, 0.6) is 0 Å². The van der Waals surface area contributed by atoms with Crippen molar-refractivity contribution in [3.8, 4) is 0 Å². The molecule has 1 aromatic rings. The van der Waals surface area contributed by atoms with Crippen LogP contribution < -0.4 is 5.73 Å². The Balaban J connectivity index is 2.18. The molecule has 3 nitrogen and oxygen atoms in total. The Bertz CT molecular complexity index is 303. The van der Waals surface area contributed by atoms with Gasteiger partial charge < -0.3 is 15.2 Å². The summed E-state index contributed by atoms with van der Waals surface area (Å²) < 4.78 is 11.1. The third kappa shape index (κ3) is 5.63. The molecular formula is C15H25NO2. The van der Waals surface area contributed by atoms with Gasteiger partial charge in [0.2, 0.25) is 0 Å². The lowest BCUT2D eigenvalue weighted by Crippen LogP contribution is -2.27. The highest BCUT2D eigenvalue weighted by molar-refractivity contribution is 5.19. The molecular weight excluding hydrogens is 226 g/mol. The molecule has 0 aliphatic carbocycles. The third-order valence-electron chi connectivity index (χ3n) is 2.94. The first-order valence-electron chi connectivity index (χ1n) is 6.75. The van der Waals surface area contributed by atoms with E-state index in [4.69, 9.17) is 15.2 Å². The average Bonchev–Trinajstić information content (AvgIpc) is 2.42. The zero-order chi connectivity index (χ0) is 13.2. The third-order valence-corrected chi connectivity index (χ3v) is 2.94. The van der Waals surface area contributed by atoms with E-state index in [9.17, 15) is 0 Å². The van der Waals surface area contributed by atoms with Gasteiger partial charge in [-0.2, -0.15) is 0 Å². The van der Waals surface area contributed by atoms with Crippen LogP contribution in [0.15, 0.2) is 30.3 Å². The molecule has 0 heterocycles. The van der Waals surface area contributed by atoms with Crippen molar-refractivity contribution in [1.82, 2.24) is 0 Å². The van der Waals surface area contributed by atoms with Crippen molar-refractivity contribution in [3.05, 3.63) is 35.9 Å². The fraction of sp³-hybridized carbons (Fsp3) is 0.600. The van der Waals surface area contributed by atoms with E-state index in [1.165, 1.54) is 0 Å². The molecule has 0 radical (unpaired) electrons. The van der Waals surface area contributed by atoms with E-state index < -0.39 is 0 Å². The molecule has 18 heavy (non-hydrogen) atoms. The predicted octanol–water partition coefficient (Wildman–Crippen LogP) is 2.91. The second-order valence-electron chi connectivity index (χ2n) is 4.48. The topological polar surface area (TPSA) is 44.5 Å². The quantitative estimate of drug-likeness (QED) is 0.686. The number of nitrogens with two attached hydrogens (primary N) is 1. The maximum absolute atomic E-state index is 6.14. The molecule has 102 valence electrons. The van der Waals surface area contributed by atoms with E-state index in [0.717, 1.165) is 25.0 Å². The molecule has 0 aliphatic rings. The normalized spacial score (nSPS) is 14.4. The van der Waals surface area contributed by atoms with Gasteiger partial charge in [0.25, 0.3) is 0 Å². The molecule has 1 aromatic carbocycles. The summed E-state index contributed by atoms with van der Waals surface area (Å²) in [6, 6.07) is 9.96. The van der Waals surface area contributed by atoms with Crippen molar-refractivity contribution in [2.24, 2.45) is 5.73 Å². The molecule has 0 saturated heterocycles. The van der Waals surface area contributed by atoms with Gasteiger partial charge in [-0.05, 0) is 18.9 Å². The van der Waals surface area contributed by atoms with Crippen LogP contribution in [0.2, 0.25) is 0 Å². The lowest BCUT2D eigenvalue weighted by molar-refractivity contribution is 0.00151. The highest BCUT2D eigenvalue weighted by atomic mass is 16.5. The molecule has 0 spiro atoms. The Labute approximate surface area is 110 Å². The van der Waals surface area contributed by atoms with Crippen LogP contribution in [0.4, 0.5) is 0 Å². The van der Waals surface area contributed by atoms with E-state index in [0.29, 0.717) is 13.2 Å². The maximum Gasteiger partial charge on any atom is 0.0740 e. The lowest BCUT2D eigenvalue weighted by atomic mass is 10.0. The first-order valence-corrected chi connectivity index (χ1v) is 6.75. The van der Waals surface area contributed by atoms with E-state index in [2.05, 4.69) is 6.92 Å². The molecule has 2 N–H and O–H groups in total. The maximum atomic E-state index is 6.14. The molecule has 2 atom stereocenters. The number of ether oxygens (including phenoxy) is 2. The fourth-order valence-corrected chi connectivity index (χ4v) is 1.69. The summed E-state index contributed by atoms with van der Waals surface area (Å²) in [6.07, 6.45) is 2.28. The fourth-order valence-electron chi connectivity index (χ4n) is 1.69. The summed E-state index contributed by atoms with van der Waals surface area (Å²) in [6.45, 7) is 6.22. The van der Waals surface area contributed by atoms with Crippen molar-refractivity contribution >= 4 is 0 Å². The highest BCUT2D eigenvalue weighted by Gasteiger charge is 2.14. The van der Waals surface area contributed by atoms with Gasteiger partial charge in [-0.1, -0.05) is 43.7 Å². The van der Waals surface area contributed by atoms with Crippen LogP contribution in [0.25, 0.3) is 0 Å². The van der Waals surface area contributed by atoms with E-state index >= 15 is 0 Å². The number of hydrogen-bond donors (Lipinski definition) is 1. The predicted molar refractivity (Wildman–Crippen MR) is 74.5 cm³/mol. The summed E-state index contributed by atoms with van der Waals surface area (Å²) in [5.41, 5.74) is 7.24. The number of rotatable bonds is 9. The summed E-state index contributed by atoms with van der Waals surface area (Å²) >= 11 is 0. The van der Waals surface area contributed by atoms with Gasteiger partial charge in [0, 0.05) is 6.61 Å². The number of unbranched alkanes of at least 4 members (excludes halogenated alkanes) is 1. The van der Waals surface area contributed by atoms with Gasteiger partial charge in [-0.25, -0.2) is 0 Å². The molecule has 0 amide bonds. The smallest absolute Gasteiger partial charge is 0.0740 e. The Morgan fingerprint density at radius 1 is 1.11 bits per heavy atom. The molecule has 1 rings (SSSR count). The van der Waals surface area contributed by atoms with Crippen LogP contribution in [0.1, 0.15) is 38.3 Å². The number of benzene rings is 1. The zero-order valence-corrected chi connectivity index (χ0v) is 11.5. The van der Waals surface area contributed by atoms with Gasteiger partial charge in [0.15, 0.2) is 0 Å². The van der Waals surface area contributed by atoms with Crippen molar-refractivity contribution in [3.63, 3.8) is 0 Å². The van der Waals surface area contributed by atoms with Crippen molar-refractivity contribution in [1.29, 1.82) is 0 Å². The Hall–Kier alpha value is -0.900. The summed E-state index contributed by atoms with van der Waals surface area (Å²) in [5.74, 6) is 0. The molecule has 0 aliphatic heterocycles. The first-order chi connectivity index (χ1) is 8.75. The largest absolute Gasteiger partial charge is 0.379 e. The molecule has 3 heteroatoms. The minimum Gasteiger partial charge on any atom is -0.379 e. The van der Waals surface area contributed by atoms with Gasteiger partial charge in [-0.15, -0.1) is 0 Å². The zero-order valence-electron chi connectivity index (χ0n) is 11.5. The minimum atomic E-state index is -0.0816. The molecule has 0 aromatic heterocycles. The van der Waals surface area contributed by atoms with Crippen molar-refractivity contribution < 1.29 is 9.47 Å². The Morgan fingerprint density at radius 3 is 2.50 bits per heavy atom. The van der Waals surface area contributed by atoms with E-state index in [1.54, 1.807) is 0 Å². The molecule has 0 fully saturated rings. The van der Waals surface area contributed by atoms with Gasteiger partial charge in [-0.3, -0.25) is 0 Å². The standard InChI is InChI=1S/C15H25NO2/c1-3-4-10-17-11-12-18-13(2)15(16)14-8-6-5-7-9-14/h5-9,13,15H,3-4,10-12,16H2,1-2H3. The summed E-state index contributed by atoms with van der Waals surface area (Å²) in [5, 5.41) is 0. The Morgan fingerprint density at radius 2 is 1.83 bits per heavy atom. The summed E-state index contributed by atoms with van der Waals surface area (Å²) in [4.78, 5) is 0. The molecule has 2 unspecified atom stereocenters. The van der Waals surface area contributed by atoms with Crippen LogP contribution in [0, 0.1) is 0 Å². The number of hydrogen-bond acceptors (Lipinski definition) is 3. The average molecular weight is 251 g/mol. The molecule has 0 bridgehead atoms. The van der Waals surface area contributed by atoms with E-state index in [1.807, 2.05) is 37.3 Å².